The first-order valence-electron chi connectivity index (χ1n) is 17.8. The second kappa shape index (κ2) is 15.3. The van der Waals surface area contributed by atoms with Gasteiger partial charge in [0.15, 0.2) is 8.32 Å². The molecule has 8 heteroatoms. The van der Waals surface area contributed by atoms with Gasteiger partial charge < -0.3 is 28.2 Å². The summed E-state index contributed by atoms with van der Waals surface area (Å²) in [6.07, 6.45) is 3.54. The average molecular weight is 665 g/mol. The monoisotopic (exact) mass is 664 g/mol. The van der Waals surface area contributed by atoms with E-state index in [4.69, 9.17) is 23.1 Å². The molecule has 0 spiro atoms. The Morgan fingerprint density at radius 3 is 2.04 bits per heavy atom. The first-order chi connectivity index (χ1) is 20.8. The Bertz CT molecular complexity index is 1020. The van der Waals surface area contributed by atoms with Crippen molar-refractivity contribution in [2.24, 2.45) is 0 Å². The normalized spacial score (nSPS) is 29.9. The molecule has 1 aromatic carbocycles. The summed E-state index contributed by atoms with van der Waals surface area (Å²) < 4.78 is 35.1. The summed E-state index contributed by atoms with van der Waals surface area (Å²) in [4.78, 5) is 0. The minimum atomic E-state index is -2.23. The van der Waals surface area contributed by atoms with Gasteiger partial charge in [0, 0.05) is 32.5 Å². The van der Waals surface area contributed by atoms with Gasteiger partial charge in [-0.25, -0.2) is 0 Å². The van der Waals surface area contributed by atoms with Gasteiger partial charge in [0.2, 0.25) is 8.32 Å². The van der Waals surface area contributed by atoms with Crippen LogP contribution in [0.5, 0.6) is 0 Å². The molecule has 0 amide bonds. The molecule has 0 aliphatic carbocycles. The Balaban J connectivity index is 1.91. The molecule has 0 saturated carbocycles. The van der Waals surface area contributed by atoms with Crippen LogP contribution in [0.25, 0.3) is 0 Å². The van der Waals surface area contributed by atoms with Crippen LogP contribution in [-0.4, -0.2) is 70.6 Å². The SMILES string of the molecule is CC(C)[Si](O[C@H]1C[C@H](CCCOCc2ccccc2)O[C@@H]2C[C@H](O[Si](C)(C)C(C)(C)C)[C@@](C)(CCO)O[C@@]12C)(C(C)C)C(C)C. The molecular weight excluding hydrogens is 597 g/mol. The van der Waals surface area contributed by atoms with Crippen molar-refractivity contribution < 1.29 is 28.2 Å². The second-order valence-electron chi connectivity index (χ2n) is 16.8. The zero-order valence-electron chi connectivity index (χ0n) is 31.1. The molecular formula is C37H68O6Si2. The molecule has 3 rings (SSSR count). The smallest absolute Gasteiger partial charge is 0.200 e. The number of hydrogen-bond donors (Lipinski definition) is 1. The lowest BCUT2D eigenvalue weighted by Gasteiger charge is -2.61. The highest BCUT2D eigenvalue weighted by Gasteiger charge is 2.62. The summed E-state index contributed by atoms with van der Waals surface area (Å²) in [5.74, 6) is 0. The van der Waals surface area contributed by atoms with Crippen LogP contribution in [0.3, 0.4) is 0 Å². The molecule has 0 aromatic heterocycles. The van der Waals surface area contributed by atoms with Gasteiger partial charge in [0.05, 0.1) is 36.6 Å². The van der Waals surface area contributed by atoms with Crippen molar-refractivity contribution in [3.8, 4) is 0 Å². The lowest BCUT2D eigenvalue weighted by atomic mass is 9.75. The molecule has 2 aliphatic heterocycles. The third-order valence-electron chi connectivity index (χ3n) is 11.5. The first-order valence-corrected chi connectivity index (χ1v) is 22.8. The Morgan fingerprint density at radius 1 is 0.911 bits per heavy atom. The highest BCUT2D eigenvalue weighted by Crippen LogP contribution is 2.52. The number of benzene rings is 1. The fourth-order valence-corrected chi connectivity index (χ4v) is 14.9. The van der Waals surface area contributed by atoms with Gasteiger partial charge in [-0.05, 0) is 67.0 Å². The molecule has 1 aromatic rings. The predicted molar refractivity (Wildman–Crippen MR) is 191 cm³/mol. The summed E-state index contributed by atoms with van der Waals surface area (Å²) >= 11 is 0. The van der Waals surface area contributed by atoms with Crippen molar-refractivity contribution in [1.29, 1.82) is 0 Å². The van der Waals surface area contributed by atoms with Gasteiger partial charge in [-0.3, -0.25) is 0 Å². The highest BCUT2D eigenvalue weighted by molar-refractivity contribution is 6.77. The van der Waals surface area contributed by atoms with Gasteiger partial charge >= 0.3 is 0 Å². The third kappa shape index (κ3) is 8.72. The molecule has 2 heterocycles. The van der Waals surface area contributed by atoms with Crippen LogP contribution in [0.4, 0.5) is 0 Å². The van der Waals surface area contributed by atoms with Crippen molar-refractivity contribution in [1.82, 2.24) is 0 Å². The average Bonchev–Trinajstić information content (AvgIpc) is 2.92. The largest absolute Gasteiger partial charge is 0.411 e. The van der Waals surface area contributed by atoms with E-state index in [0.717, 1.165) is 25.7 Å². The number of hydrogen-bond acceptors (Lipinski definition) is 6. The molecule has 2 aliphatic rings. The van der Waals surface area contributed by atoms with Crippen molar-refractivity contribution in [3.63, 3.8) is 0 Å². The van der Waals surface area contributed by atoms with Crippen LogP contribution in [0.15, 0.2) is 30.3 Å². The molecule has 45 heavy (non-hydrogen) atoms. The summed E-state index contributed by atoms with van der Waals surface area (Å²) in [6, 6.07) is 10.4. The van der Waals surface area contributed by atoms with E-state index in [1.54, 1.807) is 0 Å². The Kier molecular flexibility index (Phi) is 13.2. The molecule has 2 fully saturated rings. The molecule has 0 radical (unpaired) electrons. The van der Waals surface area contributed by atoms with Crippen molar-refractivity contribution in [2.75, 3.05) is 13.2 Å². The van der Waals surface area contributed by atoms with Crippen molar-refractivity contribution in [3.05, 3.63) is 35.9 Å². The Morgan fingerprint density at radius 2 is 1.51 bits per heavy atom. The minimum absolute atomic E-state index is 0.0509. The maximum absolute atomic E-state index is 10.3. The van der Waals surface area contributed by atoms with Gasteiger partial charge in [-0.1, -0.05) is 92.6 Å². The fraction of sp³-hybridized carbons (Fsp3) is 0.838. The topological polar surface area (TPSA) is 66.4 Å². The van der Waals surface area contributed by atoms with E-state index in [1.165, 1.54) is 5.56 Å². The van der Waals surface area contributed by atoms with Crippen LogP contribution < -0.4 is 0 Å². The van der Waals surface area contributed by atoms with Crippen LogP contribution in [0, 0.1) is 0 Å². The van der Waals surface area contributed by atoms with Crippen molar-refractivity contribution in [2.45, 2.75) is 185 Å². The molecule has 0 unspecified atom stereocenters. The summed E-state index contributed by atoms with van der Waals surface area (Å²) in [6.45, 7) is 31.3. The van der Waals surface area contributed by atoms with E-state index in [1.807, 2.05) is 6.07 Å². The highest BCUT2D eigenvalue weighted by atomic mass is 28.4. The zero-order valence-corrected chi connectivity index (χ0v) is 33.1. The van der Waals surface area contributed by atoms with Gasteiger partial charge in [-0.15, -0.1) is 0 Å². The van der Waals surface area contributed by atoms with Crippen LogP contribution in [-0.2, 0) is 29.7 Å². The van der Waals surface area contributed by atoms with E-state index in [2.05, 4.69) is 114 Å². The number of fused-ring (bicyclic) bond motifs is 1. The molecule has 6 nitrogen and oxygen atoms in total. The third-order valence-corrected chi connectivity index (χ3v) is 22.1. The molecule has 260 valence electrons. The number of aliphatic hydroxyl groups excluding tert-OH is 1. The van der Waals surface area contributed by atoms with E-state index in [9.17, 15) is 5.11 Å². The zero-order chi connectivity index (χ0) is 33.8. The van der Waals surface area contributed by atoms with E-state index in [0.29, 0.717) is 36.3 Å². The lowest BCUT2D eigenvalue weighted by molar-refractivity contribution is -0.324. The van der Waals surface area contributed by atoms with E-state index in [-0.39, 0.29) is 36.1 Å². The number of ether oxygens (including phenoxy) is 3. The minimum Gasteiger partial charge on any atom is -0.411 e. The quantitative estimate of drug-likeness (QED) is 0.149. The Hall–Kier alpha value is -0.586. The second-order valence-corrected chi connectivity index (χ2v) is 26.9. The molecule has 6 atom stereocenters. The standard InChI is InChI=1S/C37H68O6Si2/c1-27(2)45(28(3)4,29(5)6)42-34-24-31(20-17-23-39-26-30-18-15-14-16-19-30)40-33-25-32(41-44(12,13)35(7,8)9)36(10,21-22-38)43-37(33,34)11/h14-16,18-19,27-29,31-34,38H,17,20-26H2,1-13H3/t31-,32-,33+,34-,36+,37+/m0/s1. The van der Waals surface area contributed by atoms with Crippen LogP contribution >= 0.6 is 0 Å². The first kappa shape index (κ1) is 38.9. The lowest BCUT2D eigenvalue weighted by Crippen LogP contribution is -2.71. The molecule has 1 N–H and O–H groups in total. The number of rotatable bonds is 15. The summed E-state index contributed by atoms with van der Waals surface area (Å²) in [5.41, 5.74) is 1.31. The van der Waals surface area contributed by atoms with Crippen molar-refractivity contribution >= 4 is 16.6 Å². The summed E-state index contributed by atoms with van der Waals surface area (Å²) in [7, 11) is -4.35. The maximum atomic E-state index is 10.3. The number of aliphatic hydroxyl groups is 1. The predicted octanol–water partition coefficient (Wildman–Crippen LogP) is 9.41. The van der Waals surface area contributed by atoms with Crippen LogP contribution in [0.2, 0.25) is 34.8 Å². The van der Waals surface area contributed by atoms with Gasteiger partial charge in [0.25, 0.3) is 0 Å². The van der Waals surface area contributed by atoms with E-state index >= 15 is 0 Å². The van der Waals surface area contributed by atoms with E-state index < -0.39 is 27.8 Å². The fourth-order valence-electron chi connectivity index (χ4n) is 7.86. The summed E-state index contributed by atoms with van der Waals surface area (Å²) in [5, 5.41) is 10.3. The van der Waals surface area contributed by atoms with Gasteiger partial charge in [-0.2, -0.15) is 0 Å². The maximum Gasteiger partial charge on any atom is 0.200 e. The van der Waals surface area contributed by atoms with Crippen LogP contribution in [0.1, 0.15) is 114 Å². The van der Waals surface area contributed by atoms with Gasteiger partial charge in [0.1, 0.15) is 5.60 Å². The molecule has 2 saturated heterocycles. The molecule has 0 bridgehead atoms. The Labute approximate surface area is 278 Å².